The standard InChI is InChI=1S/C23H23N3O/c1-17-9-5-6-12-19(17)23(15-7-8-16-23)22(27)24-21-14-13-20(25-26-21)18-10-3-2-4-11-18/h2-6,9-14H,7-8,15-16H2,1H3,(H,24,26,27). The number of amides is 1. The Balaban J connectivity index is 1.58. The molecule has 1 fully saturated rings. The molecule has 3 aromatic rings. The van der Waals surface area contributed by atoms with Gasteiger partial charge in [0.2, 0.25) is 5.91 Å². The first-order chi connectivity index (χ1) is 13.2. The predicted molar refractivity (Wildman–Crippen MR) is 107 cm³/mol. The Morgan fingerprint density at radius 3 is 2.26 bits per heavy atom. The highest BCUT2D eigenvalue weighted by atomic mass is 16.2. The quantitative estimate of drug-likeness (QED) is 0.722. The number of aryl methyl sites for hydroxylation is 1. The van der Waals surface area contributed by atoms with Gasteiger partial charge in [0.15, 0.2) is 5.82 Å². The van der Waals surface area contributed by atoms with Crippen molar-refractivity contribution in [2.24, 2.45) is 0 Å². The molecule has 1 saturated carbocycles. The number of benzene rings is 2. The van der Waals surface area contributed by atoms with Crippen LogP contribution in [0.5, 0.6) is 0 Å². The Kier molecular flexibility index (Phi) is 4.71. The molecule has 1 N–H and O–H groups in total. The van der Waals surface area contributed by atoms with Crippen LogP contribution in [0.25, 0.3) is 11.3 Å². The zero-order valence-electron chi connectivity index (χ0n) is 15.5. The lowest BCUT2D eigenvalue weighted by Gasteiger charge is -2.29. The Bertz CT molecular complexity index is 929. The van der Waals surface area contributed by atoms with E-state index in [2.05, 4.69) is 34.6 Å². The van der Waals surface area contributed by atoms with E-state index >= 15 is 0 Å². The Morgan fingerprint density at radius 1 is 0.889 bits per heavy atom. The second kappa shape index (κ2) is 7.31. The van der Waals surface area contributed by atoms with Crippen LogP contribution in [0.1, 0.15) is 36.8 Å². The fourth-order valence-electron chi connectivity index (χ4n) is 4.10. The molecule has 0 unspecified atom stereocenters. The van der Waals surface area contributed by atoms with Crippen molar-refractivity contribution in [2.75, 3.05) is 5.32 Å². The van der Waals surface area contributed by atoms with Crippen LogP contribution in [0, 0.1) is 6.92 Å². The monoisotopic (exact) mass is 357 g/mol. The topological polar surface area (TPSA) is 54.9 Å². The Morgan fingerprint density at radius 2 is 1.59 bits per heavy atom. The number of carbonyl (C=O) groups is 1. The van der Waals surface area contributed by atoms with E-state index in [4.69, 9.17) is 0 Å². The molecule has 4 heteroatoms. The van der Waals surface area contributed by atoms with Gasteiger partial charge < -0.3 is 5.32 Å². The third kappa shape index (κ3) is 3.35. The molecule has 27 heavy (non-hydrogen) atoms. The molecule has 0 bridgehead atoms. The predicted octanol–water partition coefficient (Wildman–Crippen LogP) is 4.90. The first-order valence-corrected chi connectivity index (χ1v) is 9.46. The molecule has 0 spiro atoms. The summed E-state index contributed by atoms with van der Waals surface area (Å²) in [5.41, 5.74) is 3.64. The number of anilines is 1. The van der Waals surface area contributed by atoms with Crippen LogP contribution in [-0.2, 0) is 10.2 Å². The summed E-state index contributed by atoms with van der Waals surface area (Å²) in [4.78, 5) is 13.3. The Hall–Kier alpha value is -3.01. The van der Waals surface area contributed by atoms with E-state index in [-0.39, 0.29) is 5.91 Å². The molecule has 4 rings (SSSR count). The summed E-state index contributed by atoms with van der Waals surface area (Å²) in [6.45, 7) is 2.08. The molecule has 0 radical (unpaired) electrons. The summed E-state index contributed by atoms with van der Waals surface area (Å²) in [7, 11) is 0. The molecule has 0 saturated heterocycles. The summed E-state index contributed by atoms with van der Waals surface area (Å²) in [6, 6.07) is 21.8. The molecule has 1 aliphatic carbocycles. The molecule has 1 aliphatic rings. The number of aromatic nitrogens is 2. The van der Waals surface area contributed by atoms with Crippen LogP contribution >= 0.6 is 0 Å². The number of hydrogen-bond donors (Lipinski definition) is 1. The van der Waals surface area contributed by atoms with Crippen molar-refractivity contribution in [1.29, 1.82) is 0 Å². The van der Waals surface area contributed by atoms with Gasteiger partial charge in [0.1, 0.15) is 0 Å². The van der Waals surface area contributed by atoms with Crippen molar-refractivity contribution in [3.8, 4) is 11.3 Å². The molecular formula is C23H23N3O. The van der Waals surface area contributed by atoms with Gasteiger partial charge in [-0.1, -0.05) is 67.4 Å². The van der Waals surface area contributed by atoms with Crippen LogP contribution < -0.4 is 5.32 Å². The molecule has 1 aromatic heterocycles. The molecule has 1 heterocycles. The number of hydrogen-bond acceptors (Lipinski definition) is 3. The number of nitrogens with zero attached hydrogens (tertiary/aromatic N) is 2. The average molecular weight is 357 g/mol. The molecule has 0 aliphatic heterocycles. The van der Waals surface area contributed by atoms with Gasteiger partial charge in [0.05, 0.1) is 11.1 Å². The third-order valence-electron chi connectivity index (χ3n) is 5.53. The minimum atomic E-state index is -0.467. The number of nitrogens with one attached hydrogen (secondary N) is 1. The fourth-order valence-corrected chi connectivity index (χ4v) is 4.10. The van der Waals surface area contributed by atoms with Gasteiger partial charge >= 0.3 is 0 Å². The summed E-state index contributed by atoms with van der Waals surface area (Å²) in [5.74, 6) is 0.524. The highest BCUT2D eigenvalue weighted by molar-refractivity contribution is 5.99. The maximum atomic E-state index is 13.3. The molecular weight excluding hydrogens is 334 g/mol. The lowest BCUT2D eigenvalue weighted by atomic mass is 9.76. The van der Waals surface area contributed by atoms with Gasteiger partial charge in [0.25, 0.3) is 0 Å². The van der Waals surface area contributed by atoms with Gasteiger partial charge in [0, 0.05) is 5.56 Å². The molecule has 4 nitrogen and oxygen atoms in total. The van der Waals surface area contributed by atoms with Gasteiger partial charge in [-0.2, -0.15) is 0 Å². The van der Waals surface area contributed by atoms with Crippen molar-refractivity contribution in [3.05, 3.63) is 77.9 Å². The normalized spacial score (nSPS) is 15.4. The van der Waals surface area contributed by atoms with Crippen molar-refractivity contribution in [2.45, 2.75) is 38.0 Å². The van der Waals surface area contributed by atoms with Crippen molar-refractivity contribution < 1.29 is 4.79 Å². The summed E-state index contributed by atoms with van der Waals surface area (Å²) in [5, 5.41) is 11.5. The molecule has 2 aromatic carbocycles. The van der Waals surface area contributed by atoms with Gasteiger partial charge in [-0.25, -0.2) is 0 Å². The number of rotatable bonds is 4. The van der Waals surface area contributed by atoms with Crippen molar-refractivity contribution in [1.82, 2.24) is 10.2 Å². The molecule has 1 amide bonds. The summed E-state index contributed by atoms with van der Waals surface area (Å²) >= 11 is 0. The lowest BCUT2D eigenvalue weighted by Crippen LogP contribution is -2.38. The van der Waals surface area contributed by atoms with E-state index < -0.39 is 5.41 Å². The van der Waals surface area contributed by atoms with Gasteiger partial charge in [-0.05, 0) is 43.0 Å². The largest absolute Gasteiger partial charge is 0.308 e. The van der Waals surface area contributed by atoms with Crippen LogP contribution in [0.15, 0.2) is 66.7 Å². The van der Waals surface area contributed by atoms with Crippen LogP contribution in [0.2, 0.25) is 0 Å². The van der Waals surface area contributed by atoms with Crippen LogP contribution in [0.4, 0.5) is 5.82 Å². The van der Waals surface area contributed by atoms with E-state index in [1.165, 1.54) is 5.56 Å². The minimum Gasteiger partial charge on any atom is -0.308 e. The molecule has 0 atom stereocenters. The van der Waals surface area contributed by atoms with Crippen LogP contribution in [-0.4, -0.2) is 16.1 Å². The van der Waals surface area contributed by atoms with E-state index in [1.54, 1.807) is 0 Å². The summed E-state index contributed by atoms with van der Waals surface area (Å²) < 4.78 is 0. The first-order valence-electron chi connectivity index (χ1n) is 9.46. The minimum absolute atomic E-state index is 0.0241. The van der Waals surface area contributed by atoms with Gasteiger partial charge in [-0.15, -0.1) is 10.2 Å². The second-order valence-corrected chi connectivity index (χ2v) is 7.23. The lowest BCUT2D eigenvalue weighted by molar-refractivity contribution is -0.121. The molecule has 136 valence electrons. The van der Waals surface area contributed by atoms with Gasteiger partial charge in [-0.3, -0.25) is 4.79 Å². The zero-order valence-corrected chi connectivity index (χ0v) is 15.5. The van der Waals surface area contributed by atoms with E-state index in [0.717, 1.165) is 42.5 Å². The zero-order chi connectivity index (χ0) is 18.7. The Labute approximate surface area is 159 Å². The maximum Gasteiger partial charge on any atom is 0.236 e. The second-order valence-electron chi connectivity index (χ2n) is 7.23. The highest BCUT2D eigenvalue weighted by Gasteiger charge is 2.43. The smallest absolute Gasteiger partial charge is 0.236 e. The van der Waals surface area contributed by atoms with E-state index in [0.29, 0.717) is 5.82 Å². The van der Waals surface area contributed by atoms with Crippen molar-refractivity contribution >= 4 is 11.7 Å². The first kappa shape index (κ1) is 17.4. The number of carbonyl (C=O) groups excluding carboxylic acids is 1. The maximum absolute atomic E-state index is 13.3. The van der Waals surface area contributed by atoms with Crippen LogP contribution in [0.3, 0.4) is 0 Å². The van der Waals surface area contributed by atoms with Crippen molar-refractivity contribution in [3.63, 3.8) is 0 Å². The average Bonchev–Trinajstić information content (AvgIpc) is 3.21. The SMILES string of the molecule is Cc1ccccc1C1(C(=O)Nc2ccc(-c3ccccc3)nn2)CCCC1. The van der Waals surface area contributed by atoms with E-state index in [1.807, 2.05) is 54.6 Å². The van der Waals surface area contributed by atoms with E-state index in [9.17, 15) is 4.79 Å². The summed E-state index contributed by atoms with van der Waals surface area (Å²) in [6.07, 6.45) is 3.89. The highest BCUT2D eigenvalue weighted by Crippen LogP contribution is 2.43. The fraction of sp³-hybridized carbons (Fsp3) is 0.261. The third-order valence-corrected chi connectivity index (χ3v) is 5.53.